The molecule has 0 amide bonds. The van der Waals surface area contributed by atoms with Crippen LogP contribution in [0.5, 0.6) is 0 Å². The van der Waals surface area contributed by atoms with Crippen molar-refractivity contribution in [2.75, 3.05) is 0 Å². The van der Waals surface area contributed by atoms with Crippen molar-refractivity contribution in [2.45, 2.75) is 0 Å². The second-order valence-corrected chi connectivity index (χ2v) is 10.5. The normalized spacial score (nSPS) is 11.3. The SMILES string of the molecule is Clc1nc(-c2ccccc2)nc(-c2cc(-c3ccccc3)cc(-c3ccc4sc5ccccc5c4c3)c2)n1. The second-order valence-electron chi connectivity index (χ2n) is 9.09. The van der Waals surface area contributed by atoms with Crippen LogP contribution < -0.4 is 0 Å². The molecule has 38 heavy (non-hydrogen) atoms. The summed E-state index contributed by atoms with van der Waals surface area (Å²) in [5.41, 5.74) is 6.23. The zero-order valence-corrected chi connectivity index (χ0v) is 21.7. The molecule has 0 saturated carbocycles. The van der Waals surface area contributed by atoms with E-state index >= 15 is 0 Å². The summed E-state index contributed by atoms with van der Waals surface area (Å²) in [7, 11) is 0. The highest BCUT2D eigenvalue weighted by Gasteiger charge is 2.14. The van der Waals surface area contributed by atoms with E-state index in [9.17, 15) is 0 Å². The van der Waals surface area contributed by atoms with Gasteiger partial charge in [-0.1, -0.05) is 84.9 Å². The van der Waals surface area contributed by atoms with Gasteiger partial charge in [0, 0.05) is 31.3 Å². The lowest BCUT2D eigenvalue weighted by Gasteiger charge is -2.11. The van der Waals surface area contributed by atoms with Crippen LogP contribution in [-0.2, 0) is 0 Å². The van der Waals surface area contributed by atoms with E-state index in [1.54, 1.807) is 0 Å². The van der Waals surface area contributed by atoms with Crippen LogP contribution in [0.1, 0.15) is 0 Å². The van der Waals surface area contributed by atoms with E-state index in [-0.39, 0.29) is 5.28 Å². The van der Waals surface area contributed by atoms with Gasteiger partial charge >= 0.3 is 0 Å². The van der Waals surface area contributed by atoms with E-state index in [1.807, 2.05) is 47.7 Å². The molecule has 5 aromatic carbocycles. The molecule has 180 valence electrons. The van der Waals surface area contributed by atoms with Crippen molar-refractivity contribution >= 4 is 43.1 Å². The molecule has 0 atom stereocenters. The molecule has 0 N–H and O–H groups in total. The summed E-state index contributed by atoms with van der Waals surface area (Å²) < 4.78 is 2.58. The van der Waals surface area contributed by atoms with Gasteiger partial charge in [0.2, 0.25) is 5.28 Å². The van der Waals surface area contributed by atoms with Crippen LogP contribution >= 0.6 is 22.9 Å². The summed E-state index contributed by atoms with van der Waals surface area (Å²) in [6, 6.07) is 42.0. The third kappa shape index (κ3) is 4.24. The van der Waals surface area contributed by atoms with Gasteiger partial charge in [-0.05, 0) is 70.3 Å². The maximum absolute atomic E-state index is 6.41. The number of fused-ring (bicyclic) bond motifs is 3. The van der Waals surface area contributed by atoms with Crippen LogP contribution in [0.2, 0.25) is 5.28 Å². The maximum Gasteiger partial charge on any atom is 0.226 e. The molecule has 0 aliphatic heterocycles. The molecule has 0 bridgehead atoms. The highest BCUT2D eigenvalue weighted by molar-refractivity contribution is 7.25. The molecular weight excluding hydrogens is 506 g/mol. The largest absolute Gasteiger partial charge is 0.226 e. The molecular formula is C33H20ClN3S. The minimum atomic E-state index is 0.173. The summed E-state index contributed by atoms with van der Waals surface area (Å²) in [6.45, 7) is 0. The van der Waals surface area contributed by atoms with Crippen molar-refractivity contribution in [3.8, 4) is 45.0 Å². The molecule has 7 aromatic rings. The van der Waals surface area contributed by atoms with Crippen molar-refractivity contribution in [3.63, 3.8) is 0 Å². The molecule has 0 spiro atoms. The van der Waals surface area contributed by atoms with Crippen molar-refractivity contribution < 1.29 is 0 Å². The Morgan fingerprint density at radius 2 is 1.00 bits per heavy atom. The predicted molar refractivity (Wildman–Crippen MR) is 159 cm³/mol. The lowest BCUT2D eigenvalue weighted by atomic mass is 9.95. The summed E-state index contributed by atoms with van der Waals surface area (Å²) in [6.07, 6.45) is 0. The monoisotopic (exact) mass is 525 g/mol. The minimum absolute atomic E-state index is 0.173. The third-order valence-corrected chi connectivity index (χ3v) is 7.97. The second kappa shape index (κ2) is 9.49. The number of thiophene rings is 1. The lowest BCUT2D eigenvalue weighted by Crippen LogP contribution is -1.98. The van der Waals surface area contributed by atoms with E-state index in [0.29, 0.717) is 11.6 Å². The Morgan fingerprint density at radius 1 is 0.421 bits per heavy atom. The van der Waals surface area contributed by atoms with Crippen LogP contribution in [-0.4, -0.2) is 15.0 Å². The van der Waals surface area contributed by atoms with Gasteiger partial charge in [-0.2, -0.15) is 9.97 Å². The van der Waals surface area contributed by atoms with Crippen LogP contribution in [0.25, 0.3) is 65.2 Å². The molecule has 5 heteroatoms. The molecule has 0 radical (unpaired) electrons. The van der Waals surface area contributed by atoms with Crippen molar-refractivity contribution in [2.24, 2.45) is 0 Å². The minimum Gasteiger partial charge on any atom is -0.208 e. The molecule has 0 aliphatic carbocycles. The molecule has 0 aliphatic rings. The first kappa shape index (κ1) is 22.8. The average Bonchev–Trinajstić information content (AvgIpc) is 3.35. The molecule has 2 aromatic heterocycles. The number of nitrogens with zero attached hydrogens (tertiary/aromatic N) is 3. The Labute approximate surface area is 229 Å². The first-order valence-corrected chi connectivity index (χ1v) is 13.5. The number of benzene rings is 5. The Morgan fingerprint density at radius 3 is 1.76 bits per heavy atom. The van der Waals surface area contributed by atoms with Gasteiger partial charge < -0.3 is 0 Å². The molecule has 0 unspecified atom stereocenters. The summed E-state index contributed by atoms with van der Waals surface area (Å²) >= 11 is 8.24. The van der Waals surface area contributed by atoms with Gasteiger partial charge in [0.05, 0.1) is 0 Å². The number of hydrogen-bond acceptors (Lipinski definition) is 4. The van der Waals surface area contributed by atoms with Crippen molar-refractivity contribution in [3.05, 3.63) is 127 Å². The number of rotatable bonds is 4. The predicted octanol–water partition coefficient (Wildman–Crippen LogP) is 9.56. The number of aromatic nitrogens is 3. The summed E-state index contributed by atoms with van der Waals surface area (Å²) in [5, 5.41) is 2.72. The first-order chi connectivity index (χ1) is 18.7. The van der Waals surface area contributed by atoms with Gasteiger partial charge in [-0.3, -0.25) is 0 Å². The first-order valence-electron chi connectivity index (χ1n) is 12.3. The standard InChI is InChI=1S/C33H20ClN3S/c34-33-36-31(22-11-5-2-6-12-22)35-32(37-33)26-18-24(21-9-3-1-4-10-21)17-25(19-26)23-15-16-30-28(20-23)27-13-7-8-14-29(27)38-30/h1-20H. The topological polar surface area (TPSA) is 38.7 Å². The fourth-order valence-electron chi connectivity index (χ4n) is 4.82. The number of hydrogen-bond donors (Lipinski definition) is 0. The molecule has 3 nitrogen and oxygen atoms in total. The highest BCUT2D eigenvalue weighted by Crippen LogP contribution is 2.38. The Bertz CT molecular complexity index is 1930. The fraction of sp³-hybridized carbons (Fsp3) is 0. The van der Waals surface area contributed by atoms with E-state index in [4.69, 9.17) is 16.6 Å². The molecule has 7 rings (SSSR count). The van der Waals surface area contributed by atoms with Gasteiger partial charge in [0.1, 0.15) is 0 Å². The Balaban J connectivity index is 1.43. The number of halogens is 1. The highest BCUT2D eigenvalue weighted by atomic mass is 35.5. The van der Waals surface area contributed by atoms with Crippen molar-refractivity contribution in [1.82, 2.24) is 15.0 Å². The van der Waals surface area contributed by atoms with Crippen LogP contribution in [0, 0.1) is 0 Å². The van der Waals surface area contributed by atoms with Crippen LogP contribution in [0.3, 0.4) is 0 Å². The zero-order chi connectivity index (χ0) is 25.5. The van der Waals surface area contributed by atoms with Crippen LogP contribution in [0.4, 0.5) is 0 Å². The summed E-state index contributed by atoms with van der Waals surface area (Å²) in [4.78, 5) is 13.7. The van der Waals surface area contributed by atoms with E-state index in [2.05, 4.69) is 94.9 Å². The molecule has 0 saturated heterocycles. The molecule has 0 fully saturated rings. The quantitative estimate of drug-likeness (QED) is 0.229. The maximum atomic E-state index is 6.41. The third-order valence-electron chi connectivity index (χ3n) is 6.65. The zero-order valence-electron chi connectivity index (χ0n) is 20.2. The van der Waals surface area contributed by atoms with Gasteiger partial charge in [0.25, 0.3) is 0 Å². The Kier molecular flexibility index (Phi) is 5.69. The lowest BCUT2D eigenvalue weighted by molar-refractivity contribution is 1.07. The smallest absolute Gasteiger partial charge is 0.208 e. The van der Waals surface area contributed by atoms with E-state index in [1.165, 1.54) is 20.2 Å². The van der Waals surface area contributed by atoms with E-state index in [0.717, 1.165) is 33.4 Å². The van der Waals surface area contributed by atoms with Crippen molar-refractivity contribution in [1.29, 1.82) is 0 Å². The Hall–Kier alpha value is -4.38. The summed E-state index contributed by atoms with van der Waals surface area (Å²) in [5.74, 6) is 1.10. The van der Waals surface area contributed by atoms with Gasteiger partial charge in [0.15, 0.2) is 11.6 Å². The molecule has 2 heterocycles. The average molecular weight is 526 g/mol. The van der Waals surface area contributed by atoms with Gasteiger partial charge in [-0.15, -0.1) is 11.3 Å². The van der Waals surface area contributed by atoms with Crippen LogP contribution in [0.15, 0.2) is 121 Å². The fourth-order valence-corrected chi connectivity index (χ4v) is 6.07. The van der Waals surface area contributed by atoms with Gasteiger partial charge in [-0.25, -0.2) is 4.98 Å². The van der Waals surface area contributed by atoms with E-state index < -0.39 is 0 Å².